The van der Waals surface area contributed by atoms with E-state index in [1.165, 1.54) is 24.3 Å². The average molecular weight is 432 g/mol. The number of phenols is 2. The number of benzene rings is 3. The van der Waals surface area contributed by atoms with Crippen molar-refractivity contribution >= 4 is 22.3 Å². The van der Waals surface area contributed by atoms with Gasteiger partial charge >= 0.3 is 5.63 Å². The molecule has 0 spiro atoms. The molecule has 0 aliphatic rings. The van der Waals surface area contributed by atoms with Crippen LogP contribution in [0.4, 0.5) is 11.4 Å². The lowest BCUT2D eigenvalue weighted by atomic mass is 10.0. The molecule has 0 aliphatic heterocycles. The molecule has 0 atom stereocenters. The second-order valence-electron chi connectivity index (χ2n) is 7.67. The van der Waals surface area contributed by atoms with Crippen molar-refractivity contribution in [3.63, 3.8) is 0 Å². The van der Waals surface area contributed by atoms with Crippen molar-refractivity contribution in [1.29, 1.82) is 0 Å². The third kappa shape index (κ3) is 4.68. The molecule has 3 N–H and O–H groups in total. The van der Waals surface area contributed by atoms with Crippen molar-refractivity contribution in [3.05, 3.63) is 77.2 Å². The molecule has 4 rings (SSSR count). The summed E-state index contributed by atoms with van der Waals surface area (Å²) in [5.41, 5.74) is 1.93. The number of aromatic hydroxyl groups is 2. The smallest absolute Gasteiger partial charge is 0.346 e. The summed E-state index contributed by atoms with van der Waals surface area (Å²) in [6.07, 6.45) is 0. The van der Waals surface area contributed by atoms with Crippen molar-refractivity contribution in [1.82, 2.24) is 4.90 Å². The number of hydrogen-bond acceptors (Lipinski definition) is 7. The Hall–Kier alpha value is -3.97. The molecular formula is C25H24N2O5. The molecule has 7 nitrogen and oxygen atoms in total. The van der Waals surface area contributed by atoms with Gasteiger partial charge in [-0.3, -0.25) is 0 Å². The molecule has 0 amide bonds. The first kappa shape index (κ1) is 21.3. The van der Waals surface area contributed by atoms with Gasteiger partial charge in [-0.2, -0.15) is 0 Å². The number of hydrogen-bond donors (Lipinski definition) is 3. The molecule has 164 valence electrons. The van der Waals surface area contributed by atoms with E-state index in [9.17, 15) is 15.0 Å². The van der Waals surface area contributed by atoms with Gasteiger partial charge in [-0.25, -0.2) is 4.79 Å². The molecule has 32 heavy (non-hydrogen) atoms. The van der Waals surface area contributed by atoms with Crippen LogP contribution < -0.4 is 15.7 Å². The highest BCUT2D eigenvalue weighted by atomic mass is 16.5. The fourth-order valence-corrected chi connectivity index (χ4v) is 3.33. The Kier molecular flexibility index (Phi) is 6.00. The highest BCUT2D eigenvalue weighted by molar-refractivity contribution is 6.00. The topological polar surface area (TPSA) is 95.2 Å². The molecule has 1 heterocycles. The van der Waals surface area contributed by atoms with Crippen LogP contribution >= 0.6 is 0 Å². The highest BCUT2D eigenvalue weighted by Gasteiger charge is 2.17. The number of anilines is 2. The first-order valence-corrected chi connectivity index (χ1v) is 10.1. The van der Waals surface area contributed by atoms with Crippen LogP contribution in [0.15, 0.2) is 75.9 Å². The monoisotopic (exact) mass is 432 g/mol. The average Bonchev–Trinajstić information content (AvgIpc) is 2.75. The number of rotatable bonds is 7. The van der Waals surface area contributed by atoms with Crippen LogP contribution in [0.2, 0.25) is 0 Å². The van der Waals surface area contributed by atoms with Crippen molar-refractivity contribution < 1.29 is 19.4 Å². The normalized spacial score (nSPS) is 11.1. The van der Waals surface area contributed by atoms with Crippen molar-refractivity contribution in [2.45, 2.75) is 0 Å². The molecular weight excluding hydrogens is 408 g/mol. The van der Waals surface area contributed by atoms with Crippen LogP contribution in [0, 0.1) is 0 Å². The maximum absolute atomic E-state index is 12.9. The number of phenolic OH excluding ortho intramolecular Hbond substituents is 2. The van der Waals surface area contributed by atoms with E-state index in [4.69, 9.17) is 9.15 Å². The van der Waals surface area contributed by atoms with Gasteiger partial charge in [0.2, 0.25) is 0 Å². The van der Waals surface area contributed by atoms with E-state index in [0.717, 1.165) is 18.0 Å². The maximum Gasteiger partial charge on any atom is 0.346 e. The molecule has 0 bridgehead atoms. The zero-order valence-electron chi connectivity index (χ0n) is 17.8. The predicted octanol–water partition coefficient (Wildman–Crippen LogP) is 4.56. The van der Waals surface area contributed by atoms with E-state index in [2.05, 4.69) is 5.32 Å². The van der Waals surface area contributed by atoms with Gasteiger partial charge in [0.25, 0.3) is 0 Å². The zero-order chi connectivity index (χ0) is 22.7. The first-order chi connectivity index (χ1) is 15.4. The summed E-state index contributed by atoms with van der Waals surface area (Å²) in [7, 11) is 3.98. The van der Waals surface area contributed by atoms with Crippen LogP contribution in [0.1, 0.15) is 0 Å². The standard InChI is InChI=1S/C25H24N2O5/c1-27(2)13-14-31-20-10-5-17(6-11-20)26-24-21-12-9-19(29)15-22(21)32-25(30)23(24)16-3-7-18(28)8-4-16/h3-12,15,26,28-29H,13-14H2,1-2H3. The van der Waals surface area contributed by atoms with Gasteiger partial charge in [0, 0.05) is 23.7 Å². The van der Waals surface area contributed by atoms with Gasteiger partial charge in [0.15, 0.2) is 0 Å². The lowest BCUT2D eigenvalue weighted by molar-refractivity contribution is 0.261. The Bertz CT molecular complexity index is 1280. The van der Waals surface area contributed by atoms with Gasteiger partial charge in [-0.1, -0.05) is 12.1 Å². The molecule has 0 aliphatic carbocycles. The van der Waals surface area contributed by atoms with E-state index >= 15 is 0 Å². The van der Waals surface area contributed by atoms with Crippen molar-refractivity contribution in [2.24, 2.45) is 0 Å². The van der Waals surface area contributed by atoms with Gasteiger partial charge in [0.1, 0.15) is 29.4 Å². The van der Waals surface area contributed by atoms with E-state index in [0.29, 0.717) is 28.8 Å². The van der Waals surface area contributed by atoms with Crippen molar-refractivity contribution in [3.8, 4) is 28.4 Å². The van der Waals surface area contributed by atoms with Crippen LogP contribution in [0.25, 0.3) is 22.1 Å². The fourth-order valence-electron chi connectivity index (χ4n) is 3.33. The predicted molar refractivity (Wildman–Crippen MR) is 125 cm³/mol. The van der Waals surface area contributed by atoms with E-state index in [1.54, 1.807) is 18.2 Å². The van der Waals surface area contributed by atoms with E-state index < -0.39 is 5.63 Å². The molecule has 0 radical (unpaired) electrons. The SMILES string of the molecule is CN(C)CCOc1ccc(Nc2c(-c3ccc(O)cc3)c(=O)oc3cc(O)ccc23)cc1. The Morgan fingerprint density at radius 3 is 2.31 bits per heavy atom. The summed E-state index contributed by atoms with van der Waals surface area (Å²) < 4.78 is 11.2. The Morgan fingerprint density at radius 1 is 0.938 bits per heavy atom. The van der Waals surface area contributed by atoms with Crippen LogP contribution in [-0.4, -0.2) is 42.4 Å². The lowest BCUT2D eigenvalue weighted by Crippen LogP contribution is -2.19. The summed E-state index contributed by atoms with van der Waals surface area (Å²) in [5.74, 6) is 0.852. The minimum atomic E-state index is -0.556. The van der Waals surface area contributed by atoms with Gasteiger partial charge in [-0.05, 0) is 68.2 Å². The molecule has 3 aromatic carbocycles. The molecule has 0 fully saturated rings. The maximum atomic E-state index is 12.9. The summed E-state index contributed by atoms with van der Waals surface area (Å²) in [4.78, 5) is 14.9. The summed E-state index contributed by atoms with van der Waals surface area (Å²) >= 11 is 0. The first-order valence-electron chi connectivity index (χ1n) is 10.1. The number of fused-ring (bicyclic) bond motifs is 1. The van der Waals surface area contributed by atoms with Gasteiger partial charge < -0.3 is 29.6 Å². The van der Waals surface area contributed by atoms with Crippen LogP contribution in [0.5, 0.6) is 17.2 Å². The van der Waals surface area contributed by atoms with Gasteiger partial charge in [-0.15, -0.1) is 0 Å². The second kappa shape index (κ2) is 9.03. The largest absolute Gasteiger partial charge is 0.508 e. The zero-order valence-corrected chi connectivity index (χ0v) is 17.8. The summed E-state index contributed by atoms with van der Waals surface area (Å²) in [6, 6.07) is 18.4. The third-order valence-corrected chi connectivity index (χ3v) is 4.98. The minimum absolute atomic E-state index is 0.00297. The highest BCUT2D eigenvalue weighted by Crippen LogP contribution is 2.36. The Morgan fingerprint density at radius 2 is 1.62 bits per heavy atom. The van der Waals surface area contributed by atoms with E-state index in [-0.39, 0.29) is 17.1 Å². The molecule has 0 unspecified atom stereocenters. The summed E-state index contributed by atoms with van der Waals surface area (Å²) in [6.45, 7) is 1.40. The van der Waals surface area contributed by atoms with Crippen molar-refractivity contribution in [2.75, 3.05) is 32.6 Å². The molecule has 4 aromatic rings. The third-order valence-electron chi connectivity index (χ3n) is 4.98. The minimum Gasteiger partial charge on any atom is -0.508 e. The quantitative estimate of drug-likeness (QED) is 0.369. The number of nitrogens with one attached hydrogen (secondary N) is 1. The molecule has 0 saturated heterocycles. The number of ether oxygens (including phenoxy) is 1. The van der Waals surface area contributed by atoms with Crippen LogP contribution in [-0.2, 0) is 0 Å². The molecule has 1 aromatic heterocycles. The molecule has 7 heteroatoms. The number of nitrogens with zero attached hydrogens (tertiary/aromatic N) is 1. The van der Waals surface area contributed by atoms with Gasteiger partial charge in [0.05, 0.1) is 11.3 Å². The Labute approximate surface area is 185 Å². The van der Waals surface area contributed by atoms with Crippen LogP contribution in [0.3, 0.4) is 0 Å². The lowest BCUT2D eigenvalue weighted by Gasteiger charge is -2.15. The number of likely N-dealkylation sites (N-methyl/N-ethyl adjacent to an activating group) is 1. The summed E-state index contributed by atoms with van der Waals surface area (Å²) in [5, 5.41) is 23.4. The second-order valence-corrected chi connectivity index (χ2v) is 7.67. The molecule has 0 saturated carbocycles. The Balaban J connectivity index is 1.74. The van der Waals surface area contributed by atoms with E-state index in [1.807, 2.05) is 43.3 Å². The fraction of sp³-hybridized carbons (Fsp3) is 0.160.